The zero-order valence-corrected chi connectivity index (χ0v) is 32.3. The van der Waals surface area contributed by atoms with Crippen molar-refractivity contribution in [1.82, 2.24) is 14.9 Å². The van der Waals surface area contributed by atoms with Gasteiger partial charge in [-0.25, -0.2) is 14.8 Å². The fraction of sp³-hybridized carbons (Fsp3) is 0.579. The SMILES string of the molecule is CC(C)[Si](O[C@H]1C[C@H](Nc2ncncc2C(=O)c2cc([C@]3(C(C)(C)C)c4ccccc4CCN3C(=O)O)cs2)C[C@@H]1CO)(C(C)C)C(C)C. The van der Waals surface area contributed by atoms with Crippen LogP contribution in [0.3, 0.4) is 0 Å². The number of nitrogens with zero attached hydrogens (tertiary/aromatic N) is 3. The normalized spacial score (nSPS) is 23.0. The minimum atomic E-state index is -2.17. The third-order valence-corrected chi connectivity index (χ3v) is 18.3. The number of fused-ring (bicyclic) bond motifs is 1. The van der Waals surface area contributed by atoms with Crippen molar-refractivity contribution in [3.8, 4) is 0 Å². The van der Waals surface area contributed by atoms with Gasteiger partial charge in [-0.2, -0.15) is 0 Å². The van der Waals surface area contributed by atoms with Crippen LogP contribution in [0.25, 0.3) is 0 Å². The molecule has 0 spiro atoms. The summed E-state index contributed by atoms with van der Waals surface area (Å²) in [6, 6.07) is 9.88. The molecule has 266 valence electrons. The first-order valence-electron chi connectivity index (χ1n) is 17.7. The van der Waals surface area contributed by atoms with Crippen LogP contribution in [0.1, 0.15) is 107 Å². The summed E-state index contributed by atoms with van der Waals surface area (Å²) < 4.78 is 7.14. The van der Waals surface area contributed by atoms with Crippen molar-refractivity contribution in [1.29, 1.82) is 0 Å². The van der Waals surface area contributed by atoms with E-state index in [1.54, 1.807) is 11.1 Å². The molecule has 3 N–H and O–H groups in total. The summed E-state index contributed by atoms with van der Waals surface area (Å²) >= 11 is 1.32. The highest BCUT2D eigenvalue weighted by molar-refractivity contribution is 7.12. The van der Waals surface area contributed by atoms with Crippen molar-refractivity contribution in [2.24, 2.45) is 11.3 Å². The second-order valence-corrected chi connectivity index (χ2v) is 22.2. The van der Waals surface area contributed by atoms with Crippen LogP contribution in [0.2, 0.25) is 16.6 Å². The van der Waals surface area contributed by atoms with E-state index < -0.39 is 25.4 Å². The van der Waals surface area contributed by atoms with E-state index >= 15 is 0 Å². The fourth-order valence-corrected chi connectivity index (χ4v) is 15.8. The maximum absolute atomic E-state index is 14.3. The number of aliphatic hydroxyl groups excluding tert-OH is 1. The summed E-state index contributed by atoms with van der Waals surface area (Å²) in [4.78, 5) is 37.9. The molecule has 9 nitrogen and oxygen atoms in total. The number of benzene rings is 1. The van der Waals surface area contributed by atoms with E-state index in [0.717, 1.165) is 16.7 Å². The monoisotopic (exact) mass is 706 g/mol. The molecule has 0 saturated heterocycles. The molecule has 5 rings (SSSR count). The van der Waals surface area contributed by atoms with Gasteiger partial charge in [-0.15, -0.1) is 11.3 Å². The van der Waals surface area contributed by atoms with Gasteiger partial charge in [-0.3, -0.25) is 9.69 Å². The molecule has 3 aromatic rings. The Morgan fingerprint density at radius 2 is 1.78 bits per heavy atom. The summed E-state index contributed by atoms with van der Waals surface area (Å²) in [5.41, 5.74) is 2.99. The molecule has 0 unspecified atom stereocenters. The van der Waals surface area contributed by atoms with Gasteiger partial charge in [-0.1, -0.05) is 86.6 Å². The summed E-state index contributed by atoms with van der Waals surface area (Å²) in [6.45, 7) is 20.2. The molecule has 1 aliphatic heterocycles. The molecule has 2 aromatic heterocycles. The predicted octanol–water partition coefficient (Wildman–Crippen LogP) is 8.34. The number of hydrogen-bond acceptors (Lipinski definition) is 8. The Hall–Kier alpha value is -3.12. The van der Waals surface area contributed by atoms with Gasteiger partial charge in [0.2, 0.25) is 14.1 Å². The Morgan fingerprint density at radius 3 is 2.39 bits per heavy atom. The van der Waals surface area contributed by atoms with E-state index in [-0.39, 0.29) is 30.5 Å². The number of aliphatic hydroxyl groups is 1. The van der Waals surface area contributed by atoms with Crippen LogP contribution in [0.4, 0.5) is 10.6 Å². The number of aromatic nitrogens is 2. The van der Waals surface area contributed by atoms with E-state index in [4.69, 9.17) is 4.43 Å². The number of ketones is 1. The van der Waals surface area contributed by atoms with Crippen molar-refractivity contribution in [3.05, 3.63) is 75.4 Å². The molecule has 4 atom stereocenters. The maximum atomic E-state index is 14.3. The van der Waals surface area contributed by atoms with E-state index in [9.17, 15) is 19.8 Å². The fourth-order valence-electron chi connectivity index (χ4n) is 9.22. The number of thiophene rings is 1. The summed E-state index contributed by atoms with van der Waals surface area (Å²) in [5, 5.41) is 26.4. The van der Waals surface area contributed by atoms with Gasteiger partial charge in [0.25, 0.3) is 0 Å². The standard InChI is InChI=1S/C38H54N4O5SSi/c1-23(2)49(24(3)4,25(5)6)47-32-18-29(16-27(32)20-43)41-35-30(19-39-22-40-35)34(44)33-17-28(21-48-33)38(37(7,8)9)31-13-11-10-12-26(31)14-15-42(38)36(45)46/h10-13,17,19,21-25,27,29,32,43H,14-16,18,20H2,1-9H3,(H,45,46)(H,39,40,41)/t27-,29-,32+,38-/m1/s1. The zero-order chi connectivity index (χ0) is 35.9. The minimum absolute atomic E-state index is 0.00870. The van der Waals surface area contributed by atoms with Crippen LogP contribution in [-0.2, 0) is 16.4 Å². The van der Waals surface area contributed by atoms with Crippen LogP contribution in [-0.4, -0.2) is 70.6 Å². The first kappa shape index (κ1) is 37.1. The molecule has 2 aliphatic rings. The van der Waals surface area contributed by atoms with Gasteiger partial charge in [0.05, 0.1) is 16.5 Å². The van der Waals surface area contributed by atoms with Crippen molar-refractivity contribution in [2.75, 3.05) is 18.5 Å². The average molecular weight is 707 g/mol. The first-order valence-corrected chi connectivity index (χ1v) is 20.7. The lowest BCUT2D eigenvalue weighted by Crippen LogP contribution is -2.60. The number of carboxylic acid groups (broad SMARTS) is 1. The molecule has 1 aliphatic carbocycles. The number of rotatable bonds is 11. The van der Waals surface area contributed by atoms with E-state index in [1.807, 2.05) is 29.6 Å². The van der Waals surface area contributed by atoms with Gasteiger partial charge in [0.1, 0.15) is 17.7 Å². The molecule has 0 radical (unpaired) electrons. The molecule has 1 saturated carbocycles. The third kappa shape index (κ3) is 6.48. The quantitative estimate of drug-likeness (QED) is 0.134. The third-order valence-electron chi connectivity index (χ3n) is 11.2. The van der Waals surface area contributed by atoms with E-state index in [0.29, 0.717) is 58.7 Å². The Morgan fingerprint density at radius 1 is 1.10 bits per heavy atom. The van der Waals surface area contributed by atoms with Crippen LogP contribution in [0, 0.1) is 11.3 Å². The average Bonchev–Trinajstić information content (AvgIpc) is 3.69. The second-order valence-electron chi connectivity index (χ2n) is 15.8. The molecule has 3 heterocycles. The lowest BCUT2D eigenvalue weighted by Gasteiger charge is -2.54. The van der Waals surface area contributed by atoms with Gasteiger partial charge in [0.15, 0.2) is 0 Å². The Kier molecular flexibility index (Phi) is 10.8. The van der Waals surface area contributed by atoms with E-state index in [1.165, 1.54) is 17.7 Å². The highest BCUT2D eigenvalue weighted by atomic mass is 32.1. The van der Waals surface area contributed by atoms with Crippen LogP contribution in [0.15, 0.2) is 48.2 Å². The molecular formula is C38H54N4O5SSi. The Labute approximate surface area is 296 Å². The van der Waals surface area contributed by atoms with Crippen molar-refractivity contribution in [3.63, 3.8) is 0 Å². The smallest absolute Gasteiger partial charge is 0.408 e. The van der Waals surface area contributed by atoms with Crippen LogP contribution in [0.5, 0.6) is 0 Å². The zero-order valence-electron chi connectivity index (χ0n) is 30.5. The molecule has 1 amide bonds. The topological polar surface area (TPSA) is 125 Å². The van der Waals surface area contributed by atoms with Gasteiger partial charge >= 0.3 is 6.09 Å². The van der Waals surface area contributed by atoms with Gasteiger partial charge in [0, 0.05) is 31.3 Å². The summed E-state index contributed by atoms with van der Waals surface area (Å²) in [6.07, 6.45) is 3.99. The second kappa shape index (κ2) is 14.2. The summed E-state index contributed by atoms with van der Waals surface area (Å²) in [5.74, 6) is 0.230. The highest BCUT2D eigenvalue weighted by Gasteiger charge is 2.55. The number of carbonyl (C=O) groups is 2. The summed E-state index contributed by atoms with van der Waals surface area (Å²) in [7, 11) is -2.17. The van der Waals surface area contributed by atoms with E-state index in [2.05, 4.69) is 83.7 Å². The molecule has 11 heteroatoms. The number of anilines is 1. The van der Waals surface area contributed by atoms with Gasteiger partial charge < -0.3 is 20.0 Å². The van der Waals surface area contributed by atoms with Crippen molar-refractivity contribution >= 4 is 37.3 Å². The molecular weight excluding hydrogens is 653 g/mol. The number of carbonyl (C=O) groups excluding carboxylic acids is 1. The number of hydrogen-bond donors (Lipinski definition) is 3. The molecule has 0 bridgehead atoms. The highest BCUT2D eigenvalue weighted by Crippen LogP contribution is 2.53. The molecule has 1 aromatic carbocycles. The maximum Gasteiger partial charge on any atom is 0.408 e. The number of amides is 1. The minimum Gasteiger partial charge on any atom is -0.465 e. The molecule has 49 heavy (non-hydrogen) atoms. The van der Waals surface area contributed by atoms with Gasteiger partial charge in [-0.05, 0) is 69.4 Å². The lowest BCUT2D eigenvalue weighted by molar-refractivity contribution is 0.0199. The largest absolute Gasteiger partial charge is 0.465 e. The molecule has 1 fully saturated rings. The first-order chi connectivity index (χ1) is 23.1. The van der Waals surface area contributed by atoms with Crippen LogP contribution < -0.4 is 5.32 Å². The van der Waals surface area contributed by atoms with Crippen molar-refractivity contribution in [2.45, 2.75) is 116 Å². The van der Waals surface area contributed by atoms with Crippen LogP contribution >= 0.6 is 11.3 Å². The number of nitrogens with one attached hydrogen (secondary N) is 1. The lowest BCUT2D eigenvalue weighted by atomic mass is 9.62. The predicted molar refractivity (Wildman–Crippen MR) is 198 cm³/mol. The Balaban J connectivity index is 1.45. The van der Waals surface area contributed by atoms with Crippen molar-refractivity contribution < 1.29 is 24.2 Å². The Bertz CT molecular complexity index is 1630.